The fourth-order valence-corrected chi connectivity index (χ4v) is 4.07. The Labute approximate surface area is 189 Å². The zero-order chi connectivity index (χ0) is 22.8. The Morgan fingerprint density at radius 3 is 2.09 bits per heavy atom. The van der Waals surface area contributed by atoms with Crippen molar-refractivity contribution in [1.29, 1.82) is 0 Å². The summed E-state index contributed by atoms with van der Waals surface area (Å²) in [7, 11) is 0. The highest BCUT2D eigenvalue weighted by Crippen LogP contribution is 2.30. The second-order valence-electron chi connectivity index (χ2n) is 7.91. The van der Waals surface area contributed by atoms with E-state index in [0.717, 1.165) is 30.5 Å². The average molecular weight is 457 g/mol. The lowest BCUT2D eigenvalue weighted by Gasteiger charge is -2.10. The van der Waals surface area contributed by atoms with Crippen LogP contribution in [0.3, 0.4) is 0 Å². The number of rotatable bonds is 6. The van der Waals surface area contributed by atoms with E-state index in [0.29, 0.717) is 33.0 Å². The molecule has 4 aromatic carbocycles. The third-order valence-corrected chi connectivity index (χ3v) is 6.00. The Morgan fingerprint density at radius 1 is 0.688 bits per heavy atom. The van der Waals surface area contributed by atoms with Crippen LogP contribution in [0.4, 0.5) is 17.6 Å². The first kappa shape index (κ1) is 22.3. The van der Waals surface area contributed by atoms with Gasteiger partial charge in [-0.1, -0.05) is 61.3 Å². The second-order valence-corrected chi connectivity index (χ2v) is 8.29. The topological polar surface area (TPSA) is 0 Å². The van der Waals surface area contributed by atoms with Crippen molar-refractivity contribution in [3.8, 4) is 11.1 Å². The minimum absolute atomic E-state index is 0.265. The number of benzene rings is 4. The lowest BCUT2D eigenvalue weighted by atomic mass is 9.96. The Kier molecular flexibility index (Phi) is 6.52. The number of hydrogen-bond donors (Lipinski definition) is 0. The van der Waals surface area contributed by atoms with E-state index in [2.05, 4.69) is 0 Å². The van der Waals surface area contributed by atoms with Crippen LogP contribution in [0.2, 0.25) is 5.02 Å². The van der Waals surface area contributed by atoms with E-state index in [-0.39, 0.29) is 24.5 Å². The van der Waals surface area contributed by atoms with Crippen LogP contribution >= 0.6 is 11.6 Å². The molecule has 0 bridgehead atoms. The lowest BCUT2D eigenvalue weighted by molar-refractivity contribution is 0.579. The Balaban J connectivity index is 1.60. The van der Waals surface area contributed by atoms with Gasteiger partial charge in [-0.3, -0.25) is 0 Å². The molecule has 0 saturated carbocycles. The Morgan fingerprint density at radius 2 is 1.41 bits per heavy atom. The van der Waals surface area contributed by atoms with E-state index >= 15 is 4.39 Å². The molecule has 0 aliphatic heterocycles. The fourth-order valence-electron chi connectivity index (χ4n) is 3.97. The summed E-state index contributed by atoms with van der Waals surface area (Å²) in [6, 6.07) is 16.1. The van der Waals surface area contributed by atoms with E-state index in [9.17, 15) is 13.2 Å². The van der Waals surface area contributed by atoms with E-state index in [1.165, 1.54) is 0 Å². The summed E-state index contributed by atoms with van der Waals surface area (Å²) in [5, 5.41) is 0.532. The first-order valence-corrected chi connectivity index (χ1v) is 10.9. The maximum Gasteiger partial charge on any atom is 0.145 e. The largest absolute Gasteiger partial charge is 0.206 e. The van der Waals surface area contributed by atoms with Crippen molar-refractivity contribution in [2.75, 3.05) is 0 Å². The minimum Gasteiger partial charge on any atom is -0.206 e. The molecular formula is C27H21ClF4. The van der Waals surface area contributed by atoms with E-state index < -0.39 is 16.7 Å². The van der Waals surface area contributed by atoms with Crippen LogP contribution in [0.15, 0.2) is 60.7 Å². The molecule has 0 aromatic heterocycles. The summed E-state index contributed by atoms with van der Waals surface area (Å²) in [5.74, 6) is -2.34. The Bertz CT molecular complexity index is 1270. The minimum atomic E-state index is -0.830. The van der Waals surface area contributed by atoms with Crippen LogP contribution < -0.4 is 0 Å². The predicted octanol–water partition coefficient (Wildman–Crippen LogP) is 8.45. The lowest BCUT2D eigenvalue weighted by Crippen LogP contribution is -1.98. The van der Waals surface area contributed by atoms with Gasteiger partial charge < -0.3 is 0 Å². The highest BCUT2D eigenvalue weighted by Gasteiger charge is 2.13. The molecule has 0 N–H and O–H groups in total. The highest BCUT2D eigenvalue weighted by molar-refractivity contribution is 6.30. The molecule has 0 spiro atoms. The highest BCUT2D eigenvalue weighted by atomic mass is 35.5. The van der Waals surface area contributed by atoms with Crippen molar-refractivity contribution in [2.24, 2.45) is 0 Å². The monoisotopic (exact) mass is 456 g/mol. The van der Waals surface area contributed by atoms with Gasteiger partial charge in [-0.2, -0.15) is 0 Å². The number of fused-ring (bicyclic) bond motifs is 1. The van der Waals surface area contributed by atoms with Gasteiger partial charge >= 0.3 is 0 Å². The standard InChI is InChI=1S/C27H21ClF4/c1-2-3-16-5-10-21(23(29)12-16)19-9-11-22-20(15-19)8-7-18(27(22)32)6-4-17-13-24(30)26(28)25(31)14-17/h5,7-15H,2-4,6H2,1H3. The molecule has 4 aromatic rings. The van der Waals surface area contributed by atoms with Gasteiger partial charge in [0.05, 0.1) is 0 Å². The van der Waals surface area contributed by atoms with Gasteiger partial charge in [0.1, 0.15) is 28.3 Å². The molecule has 0 heterocycles. The van der Waals surface area contributed by atoms with Gasteiger partial charge in [0, 0.05) is 10.9 Å². The SMILES string of the molecule is CCCc1ccc(-c2ccc3c(F)c(CCc4cc(F)c(Cl)c(F)c4)ccc3c2)c(F)c1. The molecular weight excluding hydrogens is 436 g/mol. The summed E-state index contributed by atoms with van der Waals surface area (Å²) in [6.07, 6.45) is 2.30. The van der Waals surface area contributed by atoms with Crippen LogP contribution in [0.1, 0.15) is 30.0 Å². The molecule has 0 radical (unpaired) electrons. The normalized spacial score (nSPS) is 11.3. The molecule has 164 valence electrons. The molecule has 0 saturated heterocycles. The third kappa shape index (κ3) is 4.51. The maximum absolute atomic E-state index is 15.1. The van der Waals surface area contributed by atoms with E-state index in [1.807, 2.05) is 13.0 Å². The van der Waals surface area contributed by atoms with Gasteiger partial charge in [-0.25, -0.2) is 17.6 Å². The summed E-state index contributed by atoms with van der Waals surface area (Å²) >= 11 is 5.51. The van der Waals surface area contributed by atoms with Gasteiger partial charge in [-0.05, 0) is 71.2 Å². The number of hydrogen-bond acceptors (Lipinski definition) is 0. The van der Waals surface area contributed by atoms with Crippen molar-refractivity contribution in [3.05, 3.63) is 106 Å². The quantitative estimate of drug-likeness (QED) is 0.201. The maximum atomic E-state index is 15.1. The summed E-state index contributed by atoms with van der Waals surface area (Å²) in [5.41, 5.74) is 2.95. The summed E-state index contributed by atoms with van der Waals surface area (Å²) in [6.45, 7) is 2.05. The molecule has 0 nitrogen and oxygen atoms in total. The first-order valence-electron chi connectivity index (χ1n) is 10.5. The van der Waals surface area contributed by atoms with Crippen LogP contribution in [-0.4, -0.2) is 0 Å². The van der Waals surface area contributed by atoms with E-state index in [1.54, 1.807) is 42.5 Å². The number of halogens is 5. The summed E-state index contributed by atoms with van der Waals surface area (Å²) in [4.78, 5) is 0. The zero-order valence-electron chi connectivity index (χ0n) is 17.5. The molecule has 32 heavy (non-hydrogen) atoms. The van der Waals surface area contributed by atoms with E-state index in [4.69, 9.17) is 11.6 Å². The molecule has 4 rings (SSSR count). The molecule has 0 aliphatic rings. The van der Waals surface area contributed by atoms with Crippen molar-refractivity contribution < 1.29 is 17.6 Å². The second kappa shape index (κ2) is 9.33. The average Bonchev–Trinajstić information content (AvgIpc) is 2.77. The zero-order valence-corrected chi connectivity index (χ0v) is 18.2. The van der Waals surface area contributed by atoms with Crippen LogP contribution in [0, 0.1) is 23.3 Å². The molecule has 0 unspecified atom stereocenters. The molecule has 0 aliphatic carbocycles. The summed E-state index contributed by atoms with van der Waals surface area (Å²) < 4.78 is 57.0. The van der Waals surface area contributed by atoms with Crippen LogP contribution in [-0.2, 0) is 19.3 Å². The van der Waals surface area contributed by atoms with Crippen molar-refractivity contribution in [2.45, 2.75) is 32.6 Å². The smallest absolute Gasteiger partial charge is 0.145 e. The number of aryl methyl sites for hydroxylation is 3. The molecule has 0 fully saturated rings. The predicted molar refractivity (Wildman–Crippen MR) is 122 cm³/mol. The van der Waals surface area contributed by atoms with Gasteiger partial charge in [0.2, 0.25) is 0 Å². The molecule has 0 amide bonds. The first-order chi connectivity index (χ1) is 15.4. The van der Waals surface area contributed by atoms with Crippen LogP contribution in [0.5, 0.6) is 0 Å². The van der Waals surface area contributed by atoms with Gasteiger partial charge in [-0.15, -0.1) is 0 Å². The van der Waals surface area contributed by atoms with Crippen molar-refractivity contribution in [3.63, 3.8) is 0 Å². The molecule has 0 atom stereocenters. The van der Waals surface area contributed by atoms with Gasteiger partial charge in [0.25, 0.3) is 0 Å². The van der Waals surface area contributed by atoms with Crippen molar-refractivity contribution in [1.82, 2.24) is 0 Å². The third-order valence-electron chi connectivity index (χ3n) is 5.64. The van der Waals surface area contributed by atoms with Gasteiger partial charge in [0.15, 0.2) is 0 Å². The van der Waals surface area contributed by atoms with Crippen LogP contribution in [0.25, 0.3) is 21.9 Å². The Hall–Kier alpha value is -2.85. The fraction of sp³-hybridized carbons (Fsp3) is 0.185. The van der Waals surface area contributed by atoms with Crippen molar-refractivity contribution >= 4 is 22.4 Å². The molecule has 5 heteroatoms.